The highest BCUT2D eigenvalue weighted by Crippen LogP contribution is 2.34. The lowest BCUT2D eigenvalue weighted by Crippen LogP contribution is -2.22. The maximum atomic E-state index is 10.2. The van der Waals surface area contributed by atoms with Gasteiger partial charge in [-0.05, 0) is 23.0 Å². The molecule has 0 radical (unpaired) electrons. The monoisotopic (exact) mass is 251 g/mol. The Labute approximate surface area is 110 Å². The molecule has 1 aromatic heterocycles. The fourth-order valence-corrected chi connectivity index (χ4v) is 1.66. The van der Waals surface area contributed by atoms with Crippen LogP contribution < -0.4 is 0 Å². The molecular weight excluding hydrogens is 226 g/mol. The molecule has 3 nitrogen and oxygen atoms in total. The number of hydrogen-bond acceptors (Lipinski definition) is 3. The lowest BCUT2D eigenvalue weighted by Gasteiger charge is -2.28. The van der Waals surface area contributed by atoms with Gasteiger partial charge in [0.05, 0.1) is 11.4 Å². The Kier molecular flexibility index (Phi) is 4.19. The van der Waals surface area contributed by atoms with Gasteiger partial charge < -0.3 is 10.2 Å². The van der Waals surface area contributed by atoms with Gasteiger partial charge in [0.1, 0.15) is 12.2 Å². The minimum Gasteiger partial charge on any atom is -0.386 e. The molecule has 102 valence electrons. The molecule has 0 spiro atoms. The van der Waals surface area contributed by atoms with E-state index in [4.69, 9.17) is 0 Å². The van der Waals surface area contributed by atoms with Gasteiger partial charge in [-0.2, -0.15) is 0 Å². The maximum absolute atomic E-state index is 10.2. The van der Waals surface area contributed by atoms with Gasteiger partial charge in [0.15, 0.2) is 0 Å². The largest absolute Gasteiger partial charge is 0.386 e. The van der Waals surface area contributed by atoms with E-state index >= 15 is 0 Å². The lowest BCUT2D eigenvalue weighted by atomic mass is 9.85. The summed E-state index contributed by atoms with van der Waals surface area (Å²) in [4.78, 5) is 4.41. The van der Waals surface area contributed by atoms with Crippen molar-refractivity contribution in [3.05, 3.63) is 29.6 Å². The number of rotatable bonds is 2. The summed E-state index contributed by atoms with van der Waals surface area (Å²) in [5.74, 6) is 0. The van der Waals surface area contributed by atoms with Gasteiger partial charge in [0, 0.05) is 0 Å². The molecule has 3 heteroatoms. The van der Waals surface area contributed by atoms with E-state index in [1.54, 1.807) is 12.1 Å². The summed E-state index contributed by atoms with van der Waals surface area (Å²) in [5, 5.41) is 20.4. The second-order valence-electron chi connectivity index (χ2n) is 7.02. The zero-order chi connectivity index (χ0) is 14.1. The summed E-state index contributed by atoms with van der Waals surface area (Å²) >= 11 is 0. The minimum atomic E-state index is -0.635. The van der Waals surface area contributed by atoms with E-state index < -0.39 is 12.2 Å². The second kappa shape index (κ2) is 4.98. The van der Waals surface area contributed by atoms with Crippen LogP contribution in [0.15, 0.2) is 18.2 Å². The number of hydrogen-bond donors (Lipinski definition) is 2. The average Bonchev–Trinajstić information content (AvgIpc) is 2.24. The van der Waals surface area contributed by atoms with Crippen molar-refractivity contribution in [3.63, 3.8) is 0 Å². The summed E-state index contributed by atoms with van der Waals surface area (Å²) in [7, 11) is 0. The Balaban J connectivity index is 3.07. The first kappa shape index (κ1) is 15.1. The Bertz CT molecular complexity index is 366. The van der Waals surface area contributed by atoms with Crippen molar-refractivity contribution in [2.45, 2.75) is 53.8 Å². The topological polar surface area (TPSA) is 53.4 Å². The van der Waals surface area contributed by atoms with Crippen molar-refractivity contribution >= 4 is 0 Å². The molecule has 0 saturated heterocycles. The van der Waals surface area contributed by atoms with Gasteiger partial charge >= 0.3 is 0 Å². The van der Waals surface area contributed by atoms with Crippen LogP contribution in [0.2, 0.25) is 0 Å². The van der Waals surface area contributed by atoms with Crippen LogP contribution in [0.5, 0.6) is 0 Å². The number of nitrogens with zero attached hydrogens (tertiary/aromatic N) is 1. The zero-order valence-corrected chi connectivity index (χ0v) is 12.2. The molecular formula is C15H25NO2. The fourth-order valence-electron chi connectivity index (χ4n) is 1.66. The van der Waals surface area contributed by atoms with Crippen molar-refractivity contribution < 1.29 is 10.2 Å². The lowest BCUT2D eigenvalue weighted by molar-refractivity contribution is 0.0494. The van der Waals surface area contributed by atoms with E-state index in [1.807, 2.05) is 47.6 Å². The highest BCUT2D eigenvalue weighted by Gasteiger charge is 2.28. The normalized spacial score (nSPS) is 16.4. The fraction of sp³-hybridized carbons (Fsp3) is 0.667. The van der Waals surface area contributed by atoms with Gasteiger partial charge in [0.2, 0.25) is 0 Å². The van der Waals surface area contributed by atoms with Crippen LogP contribution in [0.3, 0.4) is 0 Å². The second-order valence-corrected chi connectivity index (χ2v) is 7.02. The molecule has 2 N–H and O–H groups in total. The van der Waals surface area contributed by atoms with E-state index in [0.717, 1.165) is 0 Å². The predicted molar refractivity (Wildman–Crippen MR) is 73.1 cm³/mol. The van der Waals surface area contributed by atoms with E-state index in [1.165, 1.54) is 0 Å². The van der Waals surface area contributed by atoms with Crippen molar-refractivity contribution in [1.82, 2.24) is 4.98 Å². The average molecular weight is 251 g/mol. The molecule has 0 fully saturated rings. The Hall–Kier alpha value is -0.930. The Morgan fingerprint density at radius 1 is 0.833 bits per heavy atom. The third-order valence-corrected chi connectivity index (χ3v) is 2.99. The number of aromatic nitrogens is 1. The standard InChI is InChI=1S/C15H25NO2/c1-14(2,3)12(17)10-8-7-9-11(16-10)13(18)15(4,5)6/h7-9,12-13,17-18H,1-6H3/t12-,13-/m1/s1. The molecule has 1 rings (SSSR count). The van der Waals surface area contributed by atoms with E-state index in [2.05, 4.69) is 4.98 Å². The van der Waals surface area contributed by atoms with Crippen LogP contribution in [-0.2, 0) is 0 Å². The molecule has 0 bridgehead atoms. The smallest absolute Gasteiger partial charge is 0.101 e. The van der Waals surface area contributed by atoms with Crippen LogP contribution in [0.1, 0.15) is 65.1 Å². The minimum absolute atomic E-state index is 0.266. The first-order chi connectivity index (χ1) is 8.03. The first-order valence-corrected chi connectivity index (χ1v) is 6.36. The molecule has 1 heterocycles. The van der Waals surface area contributed by atoms with Crippen LogP contribution in [-0.4, -0.2) is 15.2 Å². The van der Waals surface area contributed by atoms with E-state index in [9.17, 15) is 10.2 Å². The highest BCUT2D eigenvalue weighted by atomic mass is 16.3. The summed E-state index contributed by atoms with van der Waals surface area (Å²) in [6.45, 7) is 11.8. The van der Waals surface area contributed by atoms with Crippen LogP contribution in [0.4, 0.5) is 0 Å². The number of aliphatic hydroxyl groups excluding tert-OH is 2. The quantitative estimate of drug-likeness (QED) is 0.848. The number of pyridine rings is 1. The molecule has 0 aliphatic rings. The van der Waals surface area contributed by atoms with Crippen molar-refractivity contribution in [1.29, 1.82) is 0 Å². The van der Waals surface area contributed by atoms with Gasteiger partial charge in [-0.3, -0.25) is 4.98 Å². The third-order valence-electron chi connectivity index (χ3n) is 2.99. The summed E-state index contributed by atoms with van der Waals surface area (Å²) in [6, 6.07) is 5.44. The van der Waals surface area contributed by atoms with Crippen LogP contribution in [0.25, 0.3) is 0 Å². The van der Waals surface area contributed by atoms with E-state index in [0.29, 0.717) is 11.4 Å². The van der Waals surface area contributed by atoms with E-state index in [-0.39, 0.29) is 10.8 Å². The molecule has 1 aromatic rings. The van der Waals surface area contributed by atoms with Crippen molar-refractivity contribution in [3.8, 4) is 0 Å². The molecule has 0 aliphatic heterocycles. The zero-order valence-electron chi connectivity index (χ0n) is 12.2. The summed E-state index contributed by atoms with van der Waals surface area (Å²) in [5.41, 5.74) is 0.697. The molecule has 0 unspecified atom stereocenters. The summed E-state index contributed by atoms with van der Waals surface area (Å²) < 4.78 is 0. The van der Waals surface area contributed by atoms with Gasteiger partial charge in [-0.25, -0.2) is 0 Å². The van der Waals surface area contributed by atoms with Gasteiger partial charge in [-0.15, -0.1) is 0 Å². The van der Waals surface area contributed by atoms with Crippen LogP contribution >= 0.6 is 0 Å². The molecule has 0 saturated carbocycles. The van der Waals surface area contributed by atoms with Crippen molar-refractivity contribution in [2.24, 2.45) is 10.8 Å². The Morgan fingerprint density at radius 3 is 1.44 bits per heavy atom. The molecule has 18 heavy (non-hydrogen) atoms. The molecule has 0 aromatic carbocycles. The first-order valence-electron chi connectivity index (χ1n) is 6.36. The van der Waals surface area contributed by atoms with Gasteiger partial charge in [-0.1, -0.05) is 47.6 Å². The molecule has 2 atom stereocenters. The Morgan fingerprint density at radius 2 is 1.17 bits per heavy atom. The summed E-state index contributed by atoms with van der Waals surface area (Å²) in [6.07, 6.45) is -1.27. The molecule has 0 aliphatic carbocycles. The van der Waals surface area contributed by atoms with Crippen LogP contribution in [0, 0.1) is 10.8 Å². The predicted octanol–water partition coefficient (Wildman–Crippen LogP) is 3.24. The molecule has 0 amide bonds. The third kappa shape index (κ3) is 3.53. The van der Waals surface area contributed by atoms with Gasteiger partial charge in [0.25, 0.3) is 0 Å². The number of aliphatic hydroxyl groups is 2. The highest BCUT2D eigenvalue weighted by molar-refractivity contribution is 5.17. The SMILES string of the molecule is CC(C)(C)[C@H](O)c1cccc([C@@H](O)C(C)(C)C)n1. The van der Waals surface area contributed by atoms with Crippen molar-refractivity contribution in [2.75, 3.05) is 0 Å². The maximum Gasteiger partial charge on any atom is 0.101 e.